The molecular weight excluding hydrogens is 254 g/mol. The molecule has 2 saturated heterocycles. The molecule has 1 aromatic heterocycles. The van der Waals surface area contributed by atoms with Gasteiger partial charge in [-0.3, -0.25) is 4.79 Å². The minimum Gasteiger partial charge on any atom is -0.376 e. The normalized spacial score (nSPS) is 22.2. The highest BCUT2D eigenvalue weighted by Crippen LogP contribution is 2.17. The molecular formula is C15H21N3O2. The van der Waals surface area contributed by atoms with Crippen LogP contribution in [0.3, 0.4) is 0 Å². The first-order valence-corrected chi connectivity index (χ1v) is 7.44. The van der Waals surface area contributed by atoms with Gasteiger partial charge in [-0.2, -0.15) is 0 Å². The molecule has 0 spiro atoms. The fraction of sp³-hybridized carbons (Fsp3) is 0.600. The van der Waals surface area contributed by atoms with Crippen molar-refractivity contribution in [1.82, 2.24) is 10.3 Å². The Morgan fingerprint density at radius 3 is 2.85 bits per heavy atom. The van der Waals surface area contributed by atoms with E-state index in [1.54, 1.807) is 6.20 Å². The molecule has 3 rings (SSSR count). The van der Waals surface area contributed by atoms with E-state index < -0.39 is 0 Å². The Bertz CT molecular complexity index is 449. The largest absolute Gasteiger partial charge is 0.376 e. The number of pyridine rings is 1. The quantitative estimate of drug-likeness (QED) is 0.906. The molecule has 5 nitrogen and oxygen atoms in total. The number of anilines is 1. The van der Waals surface area contributed by atoms with Crippen LogP contribution in [0.1, 0.15) is 36.0 Å². The lowest BCUT2D eigenvalue weighted by Gasteiger charge is -2.16. The number of carbonyl (C=O) groups is 1. The van der Waals surface area contributed by atoms with Gasteiger partial charge in [0, 0.05) is 32.4 Å². The molecule has 1 N–H and O–H groups in total. The van der Waals surface area contributed by atoms with Crippen molar-refractivity contribution in [2.45, 2.75) is 31.8 Å². The van der Waals surface area contributed by atoms with E-state index in [1.165, 1.54) is 12.8 Å². The standard InChI is InChI=1S/C15H21N3O2/c19-15(17-11-13-4-3-9-20-13)12-5-6-14(16-10-12)18-7-1-2-8-18/h5-6,10,13H,1-4,7-9,11H2,(H,17,19)/t13-/m0/s1. The van der Waals surface area contributed by atoms with Crippen LogP contribution in [0, 0.1) is 0 Å². The lowest BCUT2D eigenvalue weighted by molar-refractivity contribution is 0.0857. The summed E-state index contributed by atoms with van der Waals surface area (Å²) < 4.78 is 5.49. The smallest absolute Gasteiger partial charge is 0.252 e. The number of hydrogen-bond acceptors (Lipinski definition) is 4. The number of rotatable bonds is 4. The fourth-order valence-electron chi connectivity index (χ4n) is 2.77. The van der Waals surface area contributed by atoms with Gasteiger partial charge in [0.15, 0.2) is 0 Å². The van der Waals surface area contributed by atoms with Crippen LogP contribution in [-0.4, -0.2) is 43.2 Å². The number of carbonyl (C=O) groups excluding carboxylic acids is 1. The fourth-order valence-corrected chi connectivity index (χ4v) is 2.77. The van der Waals surface area contributed by atoms with Crippen LogP contribution in [0.15, 0.2) is 18.3 Å². The van der Waals surface area contributed by atoms with E-state index in [0.29, 0.717) is 12.1 Å². The van der Waals surface area contributed by atoms with Crippen molar-refractivity contribution in [3.8, 4) is 0 Å². The number of ether oxygens (including phenoxy) is 1. The third-order valence-electron chi connectivity index (χ3n) is 3.95. The number of nitrogens with zero attached hydrogens (tertiary/aromatic N) is 2. The molecule has 2 aliphatic heterocycles. The Labute approximate surface area is 119 Å². The second kappa shape index (κ2) is 6.22. The van der Waals surface area contributed by atoms with Crippen LogP contribution < -0.4 is 10.2 Å². The first kappa shape index (κ1) is 13.4. The number of nitrogens with one attached hydrogen (secondary N) is 1. The summed E-state index contributed by atoms with van der Waals surface area (Å²) in [4.78, 5) is 18.7. The summed E-state index contributed by atoms with van der Waals surface area (Å²) in [5.74, 6) is 0.902. The van der Waals surface area contributed by atoms with Crippen molar-refractivity contribution in [1.29, 1.82) is 0 Å². The lowest BCUT2D eigenvalue weighted by Crippen LogP contribution is -2.31. The average Bonchev–Trinajstić information content (AvgIpc) is 3.18. The minimum absolute atomic E-state index is 0.0685. The van der Waals surface area contributed by atoms with Crippen molar-refractivity contribution < 1.29 is 9.53 Å². The Kier molecular flexibility index (Phi) is 4.16. The molecule has 0 aromatic carbocycles. The molecule has 20 heavy (non-hydrogen) atoms. The number of aromatic nitrogens is 1. The summed E-state index contributed by atoms with van der Waals surface area (Å²) in [7, 11) is 0. The van der Waals surface area contributed by atoms with E-state index in [0.717, 1.165) is 38.4 Å². The third kappa shape index (κ3) is 3.10. The van der Waals surface area contributed by atoms with E-state index in [2.05, 4.69) is 15.2 Å². The van der Waals surface area contributed by atoms with Gasteiger partial charge >= 0.3 is 0 Å². The molecule has 1 aromatic rings. The second-order valence-electron chi connectivity index (χ2n) is 5.44. The van der Waals surface area contributed by atoms with Gasteiger partial charge in [-0.25, -0.2) is 4.98 Å². The molecule has 0 radical (unpaired) electrons. The molecule has 1 atom stereocenters. The predicted molar refractivity (Wildman–Crippen MR) is 77.0 cm³/mol. The van der Waals surface area contributed by atoms with E-state index in [-0.39, 0.29) is 12.0 Å². The molecule has 3 heterocycles. The van der Waals surface area contributed by atoms with Crippen molar-refractivity contribution in [2.75, 3.05) is 31.1 Å². The summed E-state index contributed by atoms with van der Waals surface area (Å²) in [6.07, 6.45) is 6.42. The van der Waals surface area contributed by atoms with Crippen LogP contribution in [0.2, 0.25) is 0 Å². The van der Waals surface area contributed by atoms with Crippen LogP contribution in [0.5, 0.6) is 0 Å². The van der Waals surface area contributed by atoms with Crippen molar-refractivity contribution >= 4 is 11.7 Å². The Balaban J connectivity index is 1.54. The van der Waals surface area contributed by atoms with Gasteiger partial charge in [0.25, 0.3) is 5.91 Å². The molecule has 2 fully saturated rings. The second-order valence-corrected chi connectivity index (χ2v) is 5.44. The highest BCUT2D eigenvalue weighted by Gasteiger charge is 2.17. The zero-order valence-corrected chi connectivity index (χ0v) is 11.7. The average molecular weight is 275 g/mol. The summed E-state index contributed by atoms with van der Waals surface area (Å²) in [6, 6.07) is 3.79. The van der Waals surface area contributed by atoms with E-state index in [9.17, 15) is 4.79 Å². The van der Waals surface area contributed by atoms with Crippen LogP contribution in [0.25, 0.3) is 0 Å². The van der Waals surface area contributed by atoms with Gasteiger partial charge in [0.1, 0.15) is 5.82 Å². The van der Waals surface area contributed by atoms with Gasteiger partial charge in [-0.15, -0.1) is 0 Å². The van der Waals surface area contributed by atoms with Gasteiger partial charge < -0.3 is 15.0 Å². The number of hydrogen-bond donors (Lipinski definition) is 1. The van der Waals surface area contributed by atoms with Crippen LogP contribution in [-0.2, 0) is 4.74 Å². The summed E-state index contributed by atoms with van der Waals surface area (Å²) in [5, 5.41) is 2.91. The molecule has 108 valence electrons. The molecule has 2 aliphatic rings. The molecule has 0 unspecified atom stereocenters. The van der Waals surface area contributed by atoms with Crippen molar-refractivity contribution in [3.63, 3.8) is 0 Å². The summed E-state index contributed by atoms with van der Waals surface area (Å²) in [5.41, 5.74) is 0.617. The Morgan fingerprint density at radius 1 is 1.35 bits per heavy atom. The van der Waals surface area contributed by atoms with Crippen LogP contribution >= 0.6 is 0 Å². The molecule has 0 aliphatic carbocycles. The van der Waals surface area contributed by atoms with Gasteiger partial charge in [0.2, 0.25) is 0 Å². The monoisotopic (exact) mass is 275 g/mol. The first-order chi connectivity index (χ1) is 9.83. The molecule has 5 heteroatoms. The van der Waals surface area contributed by atoms with Crippen molar-refractivity contribution in [2.24, 2.45) is 0 Å². The topological polar surface area (TPSA) is 54.5 Å². The van der Waals surface area contributed by atoms with Gasteiger partial charge in [-0.05, 0) is 37.8 Å². The summed E-state index contributed by atoms with van der Waals surface area (Å²) in [6.45, 7) is 3.54. The SMILES string of the molecule is O=C(NC[C@@H]1CCCO1)c1ccc(N2CCCC2)nc1. The molecule has 0 saturated carbocycles. The highest BCUT2D eigenvalue weighted by molar-refractivity contribution is 5.94. The Morgan fingerprint density at radius 2 is 2.20 bits per heavy atom. The molecule has 1 amide bonds. The maximum atomic E-state index is 12.0. The lowest BCUT2D eigenvalue weighted by atomic mass is 10.2. The third-order valence-corrected chi connectivity index (χ3v) is 3.95. The minimum atomic E-state index is -0.0685. The number of amides is 1. The first-order valence-electron chi connectivity index (χ1n) is 7.44. The zero-order chi connectivity index (χ0) is 13.8. The van der Waals surface area contributed by atoms with E-state index in [4.69, 9.17) is 4.74 Å². The predicted octanol–water partition coefficient (Wildman–Crippen LogP) is 1.59. The summed E-state index contributed by atoms with van der Waals surface area (Å²) >= 11 is 0. The zero-order valence-electron chi connectivity index (χ0n) is 11.7. The van der Waals surface area contributed by atoms with Gasteiger partial charge in [0.05, 0.1) is 11.7 Å². The van der Waals surface area contributed by atoms with Crippen LogP contribution in [0.4, 0.5) is 5.82 Å². The van der Waals surface area contributed by atoms with Crippen molar-refractivity contribution in [3.05, 3.63) is 23.9 Å². The molecule has 0 bridgehead atoms. The maximum absolute atomic E-state index is 12.0. The Hall–Kier alpha value is -1.62. The van der Waals surface area contributed by atoms with Gasteiger partial charge in [-0.1, -0.05) is 0 Å². The van der Waals surface area contributed by atoms with E-state index >= 15 is 0 Å². The highest BCUT2D eigenvalue weighted by atomic mass is 16.5. The van der Waals surface area contributed by atoms with E-state index in [1.807, 2.05) is 12.1 Å². The maximum Gasteiger partial charge on any atom is 0.252 e.